The second-order valence-corrected chi connectivity index (χ2v) is 10.2. The number of thioether (sulfide) groups is 1. The van der Waals surface area contributed by atoms with Gasteiger partial charge in [0.2, 0.25) is 5.82 Å². The van der Waals surface area contributed by atoms with Crippen molar-refractivity contribution in [2.75, 3.05) is 0 Å². The van der Waals surface area contributed by atoms with Crippen molar-refractivity contribution < 1.29 is 22.4 Å². The largest absolute Gasteiger partial charge is 0.461 e. The topological polar surface area (TPSA) is 85.8 Å². The van der Waals surface area contributed by atoms with Crippen LogP contribution in [0.4, 0.5) is 13.2 Å². The first-order valence-electron chi connectivity index (χ1n) is 11.0. The molecule has 0 aliphatic rings. The van der Waals surface area contributed by atoms with Crippen LogP contribution in [-0.4, -0.2) is 25.7 Å². The summed E-state index contributed by atoms with van der Waals surface area (Å²) in [6.07, 6.45) is -2.89. The van der Waals surface area contributed by atoms with E-state index in [0.717, 1.165) is 17.8 Å². The first kappa shape index (κ1) is 26.0. The molecule has 0 saturated carbocycles. The first-order valence-corrected chi connectivity index (χ1v) is 13.3. The standard InChI is InChI=1S/C25H17ClF3N5O2S2/c26-17-6-8-18(9-7-17)34-22(20-5-2-10-36-20)32-33-24(34)38-14-21-31-19(13-37-21)23(35)30-12-15-3-1-4-16(11-15)25(27,28)29/h1-11,13H,12,14H2,(H,30,35). The Labute approximate surface area is 227 Å². The number of halogens is 4. The molecule has 3 heterocycles. The maximum absolute atomic E-state index is 12.9. The number of nitrogens with zero attached hydrogens (tertiary/aromatic N) is 4. The van der Waals surface area contributed by atoms with Gasteiger partial charge < -0.3 is 9.73 Å². The highest BCUT2D eigenvalue weighted by Crippen LogP contribution is 2.31. The lowest BCUT2D eigenvalue weighted by atomic mass is 10.1. The van der Waals surface area contributed by atoms with Crippen LogP contribution >= 0.6 is 34.7 Å². The van der Waals surface area contributed by atoms with Crippen molar-refractivity contribution in [1.82, 2.24) is 25.1 Å². The molecule has 0 fully saturated rings. The van der Waals surface area contributed by atoms with Crippen molar-refractivity contribution in [3.8, 4) is 17.3 Å². The monoisotopic (exact) mass is 575 g/mol. The number of alkyl halides is 3. The number of nitrogens with one attached hydrogen (secondary N) is 1. The molecule has 0 radical (unpaired) electrons. The molecule has 5 aromatic rings. The van der Waals surface area contributed by atoms with E-state index in [9.17, 15) is 18.0 Å². The third-order valence-electron chi connectivity index (χ3n) is 5.28. The van der Waals surface area contributed by atoms with Crippen molar-refractivity contribution in [2.24, 2.45) is 0 Å². The number of amides is 1. The molecule has 0 aliphatic heterocycles. The smallest absolute Gasteiger partial charge is 0.416 e. The summed E-state index contributed by atoms with van der Waals surface area (Å²) in [5.41, 5.74) is 0.557. The van der Waals surface area contributed by atoms with E-state index in [0.29, 0.717) is 38.1 Å². The molecule has 1 N–H and O–H groups in total. The summed E-state index contributed by atoms with van der Waals surface area (Å²) in [7, 11) is 0. The summed E-state index contributed by atoms with van der Waals surface area (Å²) in [6, 6.07) is 15.6. The molecule has 1 amide bonds. The van der Waals surface area contributed by atoms with Gasteiger partial charge in [0.15, 0.2) is 10.9 Å². The summed E-state index contributed by atoms with van der Waals surface area (Å²) >= 11 is 8.73. The van der Waals surface area contributed by atoms with Crippen molar-refractivity contribution >= 4 is 40.6 Å². The highest BCUT2D eigenvalue weighted by atomic mass is 35.5. The van der Waals surface area contributed by atoms with Crippen LogP contribution in [0.5, 0.6) is 0 Å². The number of hydrogen-bond acceptors (Lipinski definition) is 7. The molecule has 0 unspecified atom stereocenters. The molecule has 38 heavy (non-hydrogen) atoms. The van der Waals surface area contributed by atoms with E-state index in [1.165, 1.54) is 35.2 Å². The molecule has 5 rings (SSSR count). The molecule has 0 saturated heterocycles. The maximum Gasteiger partial charge on any atom is 0.416 e. The Morgan fingerprint density at radius 1 is 1.11 bits per heavy atom. The number of aromatic nitrogens is 4. The van der Waals surface area contributed by atoms with E-state index < -0.39 is 17.6 Å². The van der Waals surface area contributed by atoms with Crippen LogP contribution in [0.2, 0.25) is 5.02 Å². The van der Waals surface area contributed by atoms with Gasteiger partial charge in [-0.2, -0.15) is 13.2 Å². The zero-order valence-electron chi connectivity index (χ0n) is 19.3. The van der Waals surface area contributed by atoms with Gasteiger partial charge in [-0.3, -0.25) is 9.36 Å². The van der Waals surface area contributed by atoms with Crippen LogP contribution in [0.15, 0.2) is 81.9 Å². The summed E-state index contributed by atoms with van der Waals surface area (Å²) in [5, 5.41) is 14.7. The van der Waals surface area contributed by atoms with Gasteiger partial charge in [-0.25, -0.2) is 4.98 Å². The van der Waals surface area contributed by atoms with E-state index in [1.807, 2.05) is 16.7 Å². The lowest BCUT2D eigenvalue weighted by Crippen LogP contribution is -2.23. The zero-order chi connectivity index (χ0) is 26.7. The summed E-state index contributed by atoms with van der Waals surface area (Å²) < 4.78 is 46.1. The summed E-state index contributed by atoms with van der Waals surface area (Å²) in [4.78, 5) is 16.9. The Bertz CT molecular complexity index is 1550. The second-order valence-electron chi connectivity index (χ2n) is 7.89. The SMILES string of the molecule is O=C(NCc1cccc(C(F)(F)F)c1)c1csc(CSc2nnc(-c3ccco3)n2-c2ccc(Cl)cc2)n1. The van der Waals surface area contributed by atoms with Gasteiger partial charge in [0.05, 0.1) is 17.6 Å². The average Bonchev–Trinajstić information content (AvgIpc) is 3.67. The predicted octanol–water partition coefficient (Wildman–Crippen LogP) is 6.88. The fourth-order valence-corrected chi connectivity index (χ4v) is 5.36. The molecule has 13 heteroatoms. The van der Waals surface area contributed by atoms with Crippen molar-refractivity contribution in [3.05, 3.63) is 99.2 Å². The summed E-state index contributed by atoms with van der Waals surface area (Å²) in [5.74, 6) is 1.01. The third kappa shape index (κ3) is 5.93. The Kier molecular flexibility index (Phi) is 7.54. The number of carbonyl (C=O) groups excluding carboxylic acids is 1. The van der Waals surface area contributed by atoms with E-state index >= 15 is 0 Å². The molecule has 0 atom stereocenters. The van der Waals surface area contributed by atoms with Crippen molar-refractivity contribution in [3.63, 3.8) is 0 Å². The van der Waals surface area contributed by atoms with Gasteiger partial charge in [0.1, 0.15) is 10.7 Å². The molecule has 7 nitrogen and oxygen atoms in total. The van der Waals surface area contributed by atoms with Gasteiger partial charge in [-0.15, -0.1) is 21.5 Å². The molecule has 0 bridgehead atoms. The van der Waals surface area contributed by atoms with Gasteiger partial charge in [0, 0.05) is 22.6 Å². The lowest BCUT2D eigenvalue weighted by Gasteiger charge is -2.09. The van der Waals surface area contributed by atoms with E-state index in [4.69, 9.17) is 16.0 Å². The molecule has 0 spiro atoms. The van der Waals surface area contributed by atoms with Crippen molar-refractivity contribution in [1.29, 1.82) is 0 Å². The Morgan fingerprint density at radius 3 is 2.66 bits per heavy atom. The van der Waals surface area contributed by atoms with Gasteiger partial charge in [-0.05, 0) is 54.1 Å². The summed E-state index contributed by atoms with van der Waals surface area (Å²) in [6.45, 7) is -0.0515. The van der Waals surface area contributed by atoms with Crippen LogP contribution in [0.25, 0.3) is 17.3 Å². The van der Waals surface area contributed by atoms with Crippen LogP contribution < -0.4 is 5.32 Å². The quantitative estimate of drug-likeness (QED) is 0.203. The minimum Gasteiger partial charge on any atom is -0.461 e. The number of benzene rings is 2. The molecule has 194 valence electrons. The molecule has 2 aromatic carbocycles. The number of furan rings is 1. The molecule has 0 aliphatic carbocycles. The maximum atomic E-state index is 12.9. The normalized spacial score (nSPS) is 11.6. The van der Waals surface area contributed by atoms with Crippen LogP contribution in [-0.2, 0) is 18.5 Å². The van der Waals surface area contributed by atoms with Gasteiger partial charge in [0.25, 0.3) is 5.91 Å². The second kappa shape index (κ2) is 11.0. The van der Waals surface area contributed by atoms with Crippen molar-refractivity contribution in [2.45, 2.75) is 23.6 Å². The number of hydrogen-bond donors (Lipinski definition) is 1. The number of rotatable bonds is 8. The number of carbonyl (C=O) groups is 1. The number of thiazole rings is 1. The fourth-order valence-electron chi connectivity index (χ4n) is 3.49. The first-order chi connectivity index (χ1) is 18.3. The Balaban J connectivity index is 1.27. The molecular formula is C25H17ClF3N5O2S2. The molecular weight excluding hydrogens is 559 g/mol. The minimum absolute atomic E-state index is 0.0515. The van der Waals surface area contributed by atoms with Gasteiger partial charge >= 0.3 is 6.18 Å². The fraction of sp³-hybridized carbons (Fsp3) is 0.120. The Hall–Kier alpha value is -3.61. The minimum atomic E-state index is -4.45. The van der Waals surface area contributed by atoms with Crippen LogP contribution in [0.3, 0.4) is 0 Å². The van der Waals surface area contributed by atoms with E-state index in [-0.39, 0.29) is 12.2 Å². The highest BCUT2D eigenvalue weighted by molar-refractivity contribution is 7.98. The van der Waals surface area contributed by atoms with Gasteiger partial charge in [-0.1, -0.05) is 35.5 Å². The average molecular weight is 576 g/mol. The van der Waals surface area contributed by atoms with E-state index in [2.05, 4.69) is 20.5 Å². The predicted molar refractivity (Wildman–Crippen MR) is 138 cm³/mol. The molecule has 3 aromatic heterocycles. The zero-order valence-corrected chi connectivity index (χ0v) is 21.7. The lowest BCUT2D eigenvalue weighted by molar-refractivity contribution is -0.137. The highest BCUT2D eigenvalue weighted by Gasteiger charge is 2.30. The van der Waals surface area contributed by atoms with Crippen LogP contribution in [0.1, 0.15) is 26.6 Å². The third-order valence-corrected chi connectivity index (χ3v) is 7.50. The Morgan fingerprint density at radius 2 is 1.92 bits per heavy atom. The van der Waals surface area contributed by atoms with E-state index in [1.54, 1.807) is 35.9 Å². The van der Waals surface area contributed by atoms with Crippen LogP contribution in [0, 0.1) is 0 Å².